The number of azide groups is 1. The van der Waals surface area contributed by atoms with Crippen LogP contribution < -0.4 is 5.73 Å². The second-order valence-electron chi connectivity index (χ2n) is 9.72. The number of amides is 1. The fourth-order valence-electron chi connectivity index (χ4n) is 6.04. The molecule has 0 aromatic heterocycles. The number of likely N-dealkylation sites (N-methyl/N-ethyl adjacent to an activating group) is 1. The zero-order valence-corrected chi connectivity index (χ0v) is 20.7. The fraction of sp³-hybridized carbons (Fsp3) is 0.417. The molecule has 1 aromatic carbocycles. The van der Waals surface area contributed by atoms with Gasteiger partial charge in [-0.2, -0.15) is 0 Å². The highest BCUT2D eigenvalue weighted by atomic mass is 16.5. The highest BCUT2D eigenvalue weighted by Gasteiger charge is 2.69. The van der Waals surface area contributed by atoms with Crippen LogP contribution in [0.15, 0.2) is 34.2 Å². The van der Waals surface area contributed by atoms with Crippen LogP contribution in [0.5, 0.6) is 5.75 Å². The van der Waals surface area contributed by atoms with Crippen molar-refractivity contribution in [3.8, 4) is 5.75 Å². The first-order valence-electron chi connectivity index (χ1n) is 11.4. The predicted octanol–water partition coefficient (Wildman–Crippen LogP) is 1.01. The third kappa shape index (κ3) is 3.38. The molecule has 6 N–H and O–H groups in total. The first-order chi connectivity index (χ1) is 17.7. The molecule has 0 radical (unpaired) electrons. The molecule has 3 aliphatic carbocycles. The van der Waals surface area contributed by atoms with Crippen molar-refractivity contribution in [1.29, 1.82) is 0 Å². The minimum Gasteiger partial charge on any atom is -0.508 e. The molecular weight excluding hydrogens is 502 g/mol. The molecule has 200 valence electrons. The lowest BCUT2D eigenvalue weighted by Crippen LogP contribution is -2.71. The van der Waals surface area contributed by atoms with E-state index >= 15 is 0 Å². The van der Waals surface area contributed by atoms with Crippen LogP contribution in [0.3, 0.4) is 0 Å². The van der Waals surface area contributed by atoms with E-state index in [1.807, 2.05) is 0 Å². The van der Waals surface area contributed by atoms with E-state index in [1.165, 1.54) is 31.1 Å². The van der Waals surface area contributed by atoms with E-state index in [0.29, 0.717) is 5.56 Å². The molecule has 3 aliphatic rings. The van der Waals surface area contributed by atoms with Gasteiger partial charge in [0.1, 0.15) is 28.9 Å². The van der Waals surface area contributed by atoms with Gasteiger partial charge in [-0.15, -0.1) is 0 Å². The van der Waals surface area contributed by atoms with Crippen LogP contribution in [-0.2, 0) is 23.9 Å². The van der Waals surface area contributed by atoms with Crippen LogP contribution in [0.25, 0.3) is 16.2 Å². The summed E-state index contributed by atoms with van der Waals surface area (Å²) in [4.78, 5) is 55.7. The second-order valence-corrected chi connectivity index (χ2v) is 9.72. The topological polar surface area (TPSA) is 236 Å². The number of hydrogen-bond donors (Lipinski definition) is 5. The van der Waals surface area contributed by atoms with Gasteiger partial charge in [-0.05, 0) is 37.2 Å². The zero-order chi connectivity index (χ0) is 28.4. The largest absolute Gasteiger partial charge is 0.508 e. The second kappa shape index (κ2) is 8.87. The van der Waals surface area contributed by atoms with Gasteiger partial charge in [0.05, 0.1) is 23.2 Å². The summed E-state index contributed by atoms with van der Waals surface area (Å²) < 4.78 is 5.59. The fourth-order valence-corrected chi connectivity index (χ4v) is 6.04. The summed E-state index contributed by atoms with van der Waals surface area (Å²) in [6.07, 6.45) is -1.48. The van der Waals surface area contributed by atoms with Crippen LogP contribution >= 0.6 is 0 Å². The number of aromatic hydroxyl groups is 1. The van der Waals surface area contributed by atoms with Gasteiger partial charge < -0.3 is 30.9 Å². The molecule has 1 fully saturated rings. The Balaban J connectivity index is 2.13. The van der Waals surface area contributed by atoms with Crippen molar-refractivity contribution in [3.63, 3.8) is 0 Å². The molecule has 1 amide bonds. The van der Waals surface area contributed by atoms with E-state index in [1.54, 1.807) is 6.92 Å². The van der Waals surface area contributed by atoms with Gasteiger partial charge in [0.15, 0.2) is 11.4 Å². The summed E-state index contributed by atoms with van der Waals surface area (Å²) in [5.74, 6) is -10.9. The number of nitrogens with two attached hydrogens (primary N) is 1. The van der Waals surface area contributed by atoms with Crippen molar-refractivity contribution >= 4 is 34.9 Å². The smallest absolute Gasteiger partial charge is 0.302 e. The number of rotatable bonds is 4. The lowest BCUT2D eigenvalue weighted by atomic mass is 9.54. The SMILES string of the molecule is CC(=O)OC1C2C(=C(O)c3c(ccc(N=[N+]=[N-])c3O)C2C)C(=O)C2(O)C(O)=C(C(N)=O)C(=O)C(N(C)C)C12. The van der Waals surface area contributed by atoms with Crippen molar-refractivity contribution in [3.05, 3.63) is 50.6 Å². The van der Waals surface area contributed by atoms with Crippen LogP contribution in [0.2, 0.25) is 0 Å². The van der Waals surface area contributed by atoms with Crippen LogP contribution in [-0.4, -0.2) is 80.6 Å². The van der Waals surface area contributed by atoms with E-state index in [4.69, 9.17) is 16.0 Å². The maximum absolute atomic E-state index is 14.0. The minimum absolute atomic E-state index is 0.255. The lowest BCUT2D eigenvalue weighted by Gasteiger charge is -2.54. The highest BCUT2D eigenvalue weighted by molar-refractivity contribution is 6.24. The Morgan fingerprint density at radius 3 is 2.37 bits per heavy atom. The molecule has 14 nitrogen and oxygen atoms in total. The third-order valence-electron chi connectivity index (χ3n) is 7.53. The summed E-state index contributed by atoms with van der Waals surface area (Å²) in [6.45, 7) is 2.68. The Morgan fingerprint density at radius 2 is 1.84 bits per heavy atom. The van der Waals surface area contributed by atoms with Crippen LogP contribution in [0.4, 0.5) is 5.69 Å². The Bertz CT molecular complexity index is 1420. The zero-order valence-electron chi connectivity index (χ0n) is 20.7. The number of phenolic OH excluding ortho intramolecular Hbond substituents is 1. The average molecular weight is 527 g/mol. The number of carbonyl (C=O) groups is 4. The van der Waals surface area contributed by atoms with Crippen molar-refractivity contribution < 1.29 is 44.3 Å². The molecule has 0 heterocycles. The number of hydrogen-bond acceptors (Lipinski definition) is 11. The number of Topliss-reactive ketones (excluding diaryl/α,β-unsaturated/α-hetero) is 2. The third-order valence-corrected chi connectivity index (χ3v) is 7.53. The normalized spacial score (nSPS) is 30.3. The quantitative estimate of drug-likeness (QED) is 0.122. The van der Waals surface area contributed by atoms with E-state index in [9.17, 15) is 39.6 Å². The number of benzene rings is 1. The van der Waals surface area contributed by atoms with Crippen molar-refractivity contribution in [2.75, 3.05) is 14.1 Å². The number of fused-ring (bicyclic) bond motifs is 3. The summed E-state index contributed by atoms with van der Waals surface area (Å²) in [5, 5.41) is 48.3. The average Bonchev–Trinajstić information content (AvgIpc) is 2.81. The van der Waals surface area contributed by atoms with E-state index in [0.717, 1.165) is 6.92 Å². The summed E-state index contributed by atoms with van der Waals surface area (Å²) in [7, 11) is 2.86. The Labute approximate surface area is 215 Å². The number of phenols is 1. The summed E-state index contributed by atoms with van der Waals surface area (Å²) >= 11 is 0. The molecule has 0 aliphatic heterocycles. The monoisotopic (exact) mass is 527 g/mol. The molecule has 14 heteroatoms. The number of primary amides is 1. The predicted molar refractivity (Wildman–Crippen MR) is 129 cm³/mol. The van der Waals surface area contributed by atoms with Crippen molar-refractivity contribution in [2.24, 2.45) is 22.7 Å². The van der Waals surface area contributed by atoms with Crippen LogP contribution in [0.1, 0.15) is 30.9 Å². The summed E-state index contributed by atoms with van der Waals surface area (Å²) in [5.41, 5.74) is 9.35. The number of nitrogens with zero attached hydrogens (tertiary/aromatic N) is 4. The standard InChI is InChI=1S/C24H25N5O9/c1-7-9-5-6-10(27-28-26)17(31)12(9)18(32)13-11(7)20(38-8(2)30)15-16(29(3)4)19(33)14(23(25)36)22(35)24(15,37)21(13)34/h5-7,11,15-16,20,31-32,35,37H,1-4H3,(H2,25,36). The minimum atomic E-state index is -3.03. The van der Waals surface area contributed by atoms with E-state index in [-0.39, 0.29) is 11.3 Å². The van der Waals surface area contributed by atoms with Gasteiger partial charge in [-0.1, -0.05) is 18.1 Å². The number of ketones is 2. The molecule has 0 saturated heterocycles. The number of aliphatic hydroxyl groups is 3. The van der Waals surface area contributed by atoms with Crippen LogP contribution in [0, 0.1) is 11.8 Å². The molecule has 38 heavy (non-hydrogen) atoms. The molecule has 6 unspecified atom stereocenters. The Kier molecular flexibility index (Phi) is 6.22. The highest BCUT2D eigenvalue weighted by Crippen LogP contribution is 2.57. The van der Waals surface area contributed by atoms with Gasteiger partial charge in [0, 0.05) is 23.3 Å². The maximum Gasteiger partial charge on any atom is 0.302 e. The molecule has 1 saturated carbocycles. The first-order valence-corrected chi connectivity index (χ1v) is 11.4. The molecule has 6 atom stereocenters. The molecule has 4 rings (SSSR count). The first kappa shape index (κ1) is 26.7. The number of esters is 1. The van der Waals surface area contributed by atoms with E-state index < -0.39 is 87.4 Å². The van der Waals surface area contributed by atoms with E-state index in [2.05, 4.69) is 10.0 Å². The van der Waals surface area contributed by atoms with Gasteiger partial charge in [0.2, 0.25) is 5.78 Å². The Hall–Kier alpha value is -4.39. The maximum atomic E-state index is 14.0. The number of aliphatic hydroxyl groups excluding tert-OH is 2. The van der Waals surface area contributed by atoms with Crippen molar-refractivity contribution in [2.45, 2.75) is 37.5 Å². The lowest BCUT2D eigenvalue weighted by molar-refractivity contribution is -0.184. The summed E-state index contributed by atoms with van der Waals surface area (Å²) in [6, 6.07) is 1.29. The molecular formula is C24H25N5O9. The number of ether oxygens (including phenoxy) is 1. The molecule has 0 spiro atoms. The van der Waals surface area contributed by atoms with Gasteiger partial charge >= 0.3 is 5.97 Å². The number of carbonyl (C=O) groups excluding carboxylic acids is 4. The Morgan fingerprint density at radius 1 is 1.21 bits per heavy atom. The van der Waals surface area contributed by atoms with Gasteiger partial charge in [-0.25, -0.2) is 0 Å². The van der Waals surface area contributed by atoms with Gasteiger partial charge in [-0.3, -0.25) is 24.1 Å². The molecule has 0 bridgehead atoms. The molecule has 1 aromatic rings. The van der Waals surface area contributed by atoms with Gasteiger partial charge in [0.25, 0.3) is 5.91 Å². The van der Waals surface area contributed by atoms with Crippen molar-refractivity contribution in [1.82, 2.24) is 4.90 Å².